The normalized spacial score (nSPS) is 19.3. The average molecular weight is 532 g/mol. The molecule has 1 aliphatic heterocycles. The number of halogens is 1. The van der Waals surface area contributed by atoms with Gasteiger partial charge in [-0.2, -0.15) is 0 Å². The zero-order chi connectivity index (χ0) is 21.7. The summed E-state index contributed by atoms with van der Waals surface area (Å²) in [5.74, 6) is 0.721. The van der Waals surface area contributed by atoms with Gasteiger partial charge in [0.05, 0.1) is 6.04 Å². The third-order valence-corrected chi connectivity index (χ3v) is 5.08. The monoisotopic (exact) mass is 532 g/mol. The molecule has 3 atom stereocenters. The Bertz CT molecular complexity index is 825. The molecule has 1 N–H and O–H groups in total. The highest BCUT2D eigenvalue weighted by molar-refractivity contribution is 14.1. The fourth-order valence-corrected chi connectivity index (χ4v) is 3.69. The van der Waals surface area contributed by atoms with Crippen LogP contribution in [0.3, 0.4) is 0 Å². The van der Waals surface area contributed by atoms with Crippen LogP contribution in [0.2, 0.25) is 0 Å². The molecule has 1 fully saturated rings. The number of ether oxygens (including phenoxy) is 3. The second-order valence-corrected chi connectivity index (χ2v) is 9.28. The summed E-state index contributed by atoms with van der Waals surface area (Å²) in [7, 11) is 0. The van der Waals surface area contributed by atoms with Crippen molar-refractivity contribution in [2.45, 2.75) is 71.0 Å². The molecular weight excluding hydrogens is 503 g/mol. The second kappa shape index (κ2) is 10.1. The Morgan fingerprint density at radius 1 is 1.43 bits per heavy atom. The number of alkyl carbamates (subject to hydrolysis) is 1. The van der Waals surface area contributed by atoms with Gasteiger partial charge in [0.1, 0.15) is 23.2 Å². The Kier molecular flexibility index (Phi) is 7.75. The molecule has 2 aromatic rings. The summed E-state index contributed by atoms with van der Waals surface area (Å²) >= 11 is 2.06. The molecular formula is C20H29IN4O5. The van der Waals surface area contributed by atoms with Crippen molar-refractivity contribution < 1.29 is 23.5 Å². The number of nitrogens with one attached hydrogen (secondary N) is 1. The van der Waals surface area contributed by atoms with Gasteiger partial charge in [0.2, 0.25) is 0 Å². The van der Waals surface area contributed by atoms with Crippen LogP contribution in [-0.4, -0.2) is 45.8 Å². The number of aromatic nitrogens is 3. The lowest BCUT2D eigenvalue weighted by atomic mass is 10.2. The molecule has 1 aliphatic rings. The Morgan fingerprint density at radius 2 is 2.23 bits per heavy atom. The first-order chi connectivity index (χ1) is 14.2. The van der Waals surface area contributed by atoms with Crippen LogP contribution in [0.25, 0.3) is 0 Å². The summed E-state index contributed by atoms with van der Waals surface area (Å²) < 4.78 is 25.0. The van der Waals surface area contributed by atoms with Crippen LogP contribution >= 0.6 is 22.6 Å². The van der Waals surface area contributed by atoms with Gasteiger partial charge in [-0.25, -0.2) is 9.78 Å². The number of hydrogen-bond acceptors (Lipinski definition) is 7. The first-order valence-corrected chi connectivity index (χ1v) is 11.2. The van der Waals surface area contributed by atoms with Gasteiger partial charge in [0.25, 0.3) is 0 Å². The zero-order valence-corrected chi connectivity index (χ0v) is 19.9. The quantitative estimate of drug-likeness (QED) is 0.534. The molecule has 166 valence electrons. The molecule has 0 aromatic carbocycles. The average Bonchev–Trinajstić information content (AvgIpc) is 3.31. The van der Waals surface area contributed by atoms with E-state index in [1.54, 1.807) is 6.20 Å². The van der Waals surface area contributed by atoms with E-state index >= 15 is 0 Å². The fraction of sp³-hybridized carbons (Fsp3) is 0.650. The van der Waals surface area contributed by atoms with Crippen molar-refractivity contribution in [3.05, 3.63) is 33.7 Å². The van der Waals surface area contributed by atoms with Crippen LogP contribution in [0.15, 0.2) is 23.0 Å². The molecule has 2 aromatic heterocycles. The summed E-state index contributed by atoms with van der Waals surface area (Å²) in [5, 5.41) is 6.98. The zero-order valence-electron chi connectivity index (χ0n) is 17.8. The van der Waals surface area contributed by atoms with Crippen LogP contribution in [0, 0.1) is 3.77 Å². The largest absolute Gasteiger partial charge is 0.444 e. The molecule has 0 spiro atoms. The molecule has 3 rings (SSSR count). The van der Waals surface area contributed by atoms with Crippen molar-refractivity contribution >= 4 is 28.7 Å². The van der Waals surface area contributed by atoms with E-state index in [-0.39, 0.29) is 25.0 Å². The Morgan fingerprint density at radius 3 is 2.87 bits per heavy atom. The number of amides is 1. The van der Waals surface area contributed by atoms with Gasteiger partial charge in [-0.05, 0) is 47.0 Å². The standard InChI is InChI=1S/C20H29IN4O5/c1-13(28-17-7-5-6-10-27-17)18-22-8-9-25(18)15(14-11-16(21)30-24-14)12-23-19(26)29-20(2,3)4/h8-9,11,13,15,17H,5-7,10,12H2,1-4H3,(H,23,26)/t13-,15+,17?/m0/s1. The molecule has 1 amide bonds. The molecule has 30 heavy (non-hydrogen) atoms. The number of carbonyl (C=O) groups is 1. The molecule has 10 heteroatoms. The fourth-order valence-electron chi connectivity index (χ4n) is 3.27. The first kappa shape index (κ1) is 23.0. The Labute approximate surface area is 190 Å². The van der Waals surface area contributed by atoms with Gasteiger partial charge >= 0.3 is 6.09 Å². The predicted octanol–water partition coefficient (Wildman–Crippen LogP) is 4.19. The van der Waals surface area contributed by atoms with Crippen molar-refractivity contribution in [1.82, 2.24) is 20.0 Å². The lowest BCUT2D eigenvalue weighted by Crippen LogP contribution is -2.36. The molecule has 3 heterocycles. The van der Waals surface area contributed by atoms with E-state index in [0.29, 0.717) is 16.1 Å². The predicted molar refractivity (Wildman–Crippen MR) is 117 cm³/mol. The van der Waals surface area contributed by atoms with E-state index < -0.39 is 11.7 Å². The minimum atomic E-state index is -0.578. The van der Waals surface area contributed by atoms with E-state index in [4.69, 9.17) is 18.7 Å². The topological polar surface area (TPSA) is 101 Å². The number of imidazole rings is 1. The lowest BCUT2D eigenvalue weighted by Gasteiger charge is -2.27. The first-order valence-electron chi connectivity index (χ1n) is 10.1. The summed E-state index contributed by atoms with van der Waals surface area (Å²) in [4.78, 5) is 16.7. The second-order valence-electron chi connectivity index (χ2n) is 8.22. The van der Waals surface area contributed by atoms with Crippen molar-refractivity contribution in [1.29, 1.82) is 0 Å². The Balaban J connectivity index is 1.77. The van der Waals surface area contributed by atoms with Crippen LogP contribution < -0.4 is 5.32 Å². The lowest BCUT2D eigenvalue weighted by molar-refractivity contribution is -0.188. The maximum atomic E-state index is 12.2. The van der Waals surface area contributed by atoms with Crippen LogP contribution in [-0.2, 0) is 14.2 Å². The van der Waals surface area contributed by atoms with Gasteiger partial charge in [-0.1, -0.05) is 5.16 Å². The summed E-state index contributed by atoms with van der Waals surface area (Å²) in [6, 6.07) is 1.50. The molecule has 1 unspecified atom stereocenters. The van der Waals surface area contributed by atoms with Gasteiger partial charge in [-0.15, -0.1) is 0 Å². The van der Waals surface area contributed by atoms with E-state index in [1.165, 1.54) is 0 Å². The Hall–Kier alpha value is -1.66. The molecule has 0 bridgehead atoms. The van der Waals surface area contributed by atoms with Crippen molar-refractivity contribution in [3.8, 4) is 0 Å². The summed E-state index contributed by atoms with van der Waals surface area (Å²) in [5.41, 5.74) is 0.0987. The highest BCUT2D eigenvalue weighted by atomic mass is 127. The molecule has 0 aliphatic carbocycles. The number of carbonyl (C=O) groups excluding carboxylic acids is 1. The minimum Gasteiger partial charge on any atom is -0.444 e. The molecule has 0 saturated carbocycles. The van der Waals surface area contributed by atoms with Crippen molar-refractivity contribution in [3.63, 3.8) is 0 Å². The molecule has 0 radical (unpaired) electrons. The van der Waals surface area contributed by atoms with Crippen molar-refractivity contribution in [2.24, 2.45) is 0 Å². The maximum Gasteiger partial charge on any atom is 0.407 e. The van der Waals surface area contributed by atoms with Crippen molar-refractivity contribution in [2.75, 3.05) is 13.2 Å². The maximum absolute atomic E-state index is 12.2. The van der Waals surface area contributed by atoms with Gasteiger partial charge in [0, 0.05) is 54.2 Å². The summed E-state index contributed by atoms with van der Waals surface area (Å²) in [6.45, 7) is 8.39. The highest BCUT2D eigenvalue weighted by Gasteiger charge is 2.27. The van der Waals surface area contributed by atoms with Gasteiger partial charge in [0.15, 0.2) is 10.1 Å². The van der Waals surface area contributed by atoms with E-state index in [2.05, 4.69) is 38.0 Å². The third-order valence-electron chi connectivity index (χ3n) is 4.57. The highest BCUT2D eigenvalue weighted by Crippen LogP contribution is 2.27. The smallest absolute Gasteiger partial charge is 0.407 e. The van der Waals surface area contributed by atoms with Gasteiger partial charge < -0.3 is 28.6 Å². The van der Waals surface area contributed by atoms with Gasteiger partial charge in [-0.3, -0.25) is 0 Å². The molecule has 1 saturated heterocycles. The number of nitrogens with zero attached hydrogens (tertiary/aromatic N) is 3. The molecule has 9 nitrogen and oxygen atoms in total. The van der Waals surface area contributed by atoms with Crippen LogP contribution in [0.4, 0.5) is 4.79 Å². The van der Waals surface area contributed by atoms with Crippen LogP contribution in [0.5, 0.6) is 0 Å². The van der Waals surface area contributed by atoms with E-state index in [0.717, 1.165) is 25.1 Å². The SMILES string of the molecule is C[C@H](OC1CCCCO1)c1nccn1[C@H](CNC(=O)OC(C)(C)C)c1cc(I)on1. The van der Waals surface area contributed by atoms with Crippen LogP contribution in [0.1, 0.15) is 70.6 Å². The van der Waals surface area contributed by atoms with E-state index in [9.17, 15) is 4.79 Å². The number of hydrogen-bond donors (Lipinski definition) is 1. The summed E-state index contributed by atoms with van der Waals surface area (Å²) in [6.07, 6.45) is 5.56. The number of rotatable bonds is 7. The third kappa shape index (κ3) is 6.42. The van der Waals surface area contributed by atoms with E-state index in [1.807, 2.05) is 44.5 Å². The minimum absolute atomic E-state index is 0.231.